The molecule has 6 heteroatoms. The van der Waals surface area contributed by atoms with Crippen LogP contribution in [0.4, 0.5) is 15.8 Å². The third-order valence-corrected chi connectivity index (χ3v) is 3.23. The third-order valence-electron chi connectivity index (χ3n) is 3.03. The number of ether oxygens (including phenoxy) is 1. The van der Waals surface area contributed by atoms with Gasteiger partial charge in [0, 0.05) is 5.69 Å². The van der Waals surface area contributed by atoms with Crippen LogP contribution in [0.1, 0.15) is 22.8 Å². The minimum atomic E-state index is -0.374. The van der Waals surface area contributed by atoms with E-state index in [4.69, 9.17) is 17.0 Å². The first-order valence-corrected chi connectivity index (χ1v) is 7.51. The van der Waals surface area contributed by atoms with Gasteiger partial charge >= 0.3 is 5.97 Å². The summed E-state index contributed by atoms with van der Waals surface area (Å²) in [6.07, 6.45) is 0. The lowest BCUT2D eigenvalue weighted by Crippen LogP contribution is -2.19. The number of benzene rings is 2. The Hall–Kier alpha value is -2.47. The number of halogens is 1. The zero-order chi connectivity index (χ0) is 16.8. The molecule has 0 heterocycles. The van der Waals surface area contributed by atoms with Gasteiger partial charge in [0.2, 0.25) is 0 Å². The average Bonchev–Trinajstić information content (AvgIpc) is 2.51. The zero-order valence-electron chi connectivity index (χ0n) is 12.9. The number of anilines is 2. The summed E-state index contributed by atoms with van der Waals surface area (Å²) in [5.41, 5.74) is 2.28. The van der Waals surface area contributed by atoms with Gasteiger partial charge in [0.05, 0.1) is 17.9 Å². The molecule has 0 bridgehead atoms. The number of aryl methyl sites for hydroxylation is 1. The molecule has 2 aromatic rings. The Balaban J connectivity index is 1.98. The number of hydrogen-bond acceptors (Lipinski definition) is 3. The molecule has 23 heavy (non-hydrogen) atoms. The monoisotopic (exact) mass is 332 g/mol. The summed E-state index contributed by atoms with van der Waals surface area (Å²) < 4.78 is 18.7. The smallest absolute Gasteiger partial charge is 0.338 e. The fourth-order valence-electron chi connectivity index (χ4n) is 1.91. The van der Waals surface area contributed by atoms with Crippen molar-refractivity contribution in [2.24, 2.45) is 0 Å². The Bertz CT molecular complexity index is 717. The number of thiocarbonyl (C=S) groups is 1. The minimum Gasteiger partial charge on any atom is -0.462 e. The molecule has 2 aromatic carbocycles. The van der Waals surface area contributed by atoms with Crippen LogP contribution in [0.5, 0.6) is 0 Å². The van der Waals surface area contributed by atoms with Gasteiger partial charge in [0.1, 0.15) is 5.82 Å². The summed E-state index contributed by atoms with van der Waals surface area (Å²) in [5, 5.41) is 5.99. The van der Waals surface area contributed by atoms with Crippen molar-refractivity contribution in [3.05, 3.63) is 59.4 Å². The van der Waals surface area contributed by atoms with Crippen molar-refractivity contribution in [2.75, 3.05) is 17.2 Å². The molecule has 0 unspecified atom stereocenters. The van der Waals surface area contributed by atoms with E-state index in [1.165, 1.54) is 6.07 Å². The molecule has 4 nitrogen and oxygen atoms in total. The van der Waals surface area contributed by atoms with Crippen LogP contribution in [0.2, 0.25) is 0 Å². The Morgan fingerprint density at radius 2 is 1.87 bits per heavy atom. The van der Waals surface area contributed by atoms with E-state index in [2.05, 4.69) is 10.6 Å². The molecule has 0 radical (unpaired) electrons. The normalized spacial score (nSPS) is 10.0. The van der Waals surface area contributed by atoms with Crippen LogP contribution in [-0.2, 0) is 4.74 Å². The van der Waals surface area contributed by atoms with Gasteiger partial charge in [-0.15, -0.1) is 0 Å². The highest BCUT2D eigenvalue weighted by molar-refractivity contribution is 7.80. The Morgan fingerprint density at radius 3 is 2.48 bits per heavy atom. The van der Waals surface area contributed by atoms with Gasteiger partial charge in [0.15, 0.2) is 5.11 Å². The standard InChI is InChI=1S/C17H17FN2O2S/c1-3-22-16(21)12-5-7-13(8-6-12)19-17(23)20-15-9-4-11(2)10-14(15)18/h4-10H,3H2,1-2H3,(H2,19,20,23). The van der Waals surface area contributed by atoms with Crippen molar-refractivity contribution in [2.45, 2.75) is 13.8 Å². The Labute approximate surface area is 139 Å². The second-order valence-corrected chi connectivity index (χ2v) is 5.27. The molecule has 0 aliphatic rings. The van der Waals surface area contributed by atoms with E-state index in [9.17, 15) is 9.18 Å². The molecule has 0 amide bonds. The van der Waals surface area contributed by atoms with Crippen LogP contribution in [0, 0.1) is 12.7 Å². The fourth-order valence-corrected chi connectivity index (χ4v) is 2.14. The molecule has 0 aromatic heterocycles. The first-order chi connectivity index (χ1) is 11.0. The predicted octanol–water partition coefficient (Wildman–Crippen LogP) is 4.12. The van der Waals surface area contributed by atoms with Gasteiger partial charge in [0.25, 0.3) is 0 Å². The number of carbonyl (C=O) groups is 1. The van der Waals surface area contributed by atoms with Crippen LogP contribution in [0.25, 0.3) is 0 Å². The summed E-state index contributed by atoms with van der Waals surface area (Å²) in [7, 11) is 0. The van der Waals surface area contributed by atoms with E-state index < -0.39 is 0 Å². The summed E-state index contributed by atoms with van der Waals surface area (Å²) in [6, 6.07) is 11.5. The van der Waals surface area contributed by atoms with Crippen molar-refractivity contribution >= 4 is 34.7 Å². The van der Waals surface area contributed by atoms with Crippen LogP contribution in [0.3, 0.4) is 0 Å². The Morgan fingerprint density at radius 1 is 1.17 bits per heavy atom. The van der Waals surface area contributed by atoms with Gasteiger partial charge in [-0.3, -0.25) is 0 Å². The van der Waals surface area contributed by atoms with E-state index >= 15 is 0 Å². The fraction of sp³-hybridized carbons (Fsp3) is 0.176. The second kappa shape index (κ2) is 7.69. The topological polar surface area (TPSA) is 50.4 Å². The molecule has 0 aliphatic carbocycles. The van der Waals surface area contributed by atoms with E-state index in [0.717, 1.165) is 5.56 Å². The van der Waals surface area contributed by atoms with Crippen molar-refractivity contribution in [3.8, 4) is 0 Å². The predicted molar refractivity (Wildman–Crippen MR) is 93.4 cm³/mol. The summed E-state index contributed by atoms with van der Waals surface area (Å²) in [5.74, 6) is -0.742. The van der Waals surface area contributed by atoms with Gasteiger partial charge in [-0.2, -0.15) is 0 Å². The lowest BCUT2D eigenvalue weighted by atomic mass is 10.2. The highest BCUT2D eigenvalue weighted by atomic mass is 32.1. The van der Waals surface area contributed by atoms with Crippen molar-refractivity contribution in [1.82, 2.24) is 0 Å². The summed E-state index contributed by atoms with van der Waals surface area (Å²) in [4.78, 5) is 11.6. The number of esters is 1. The highest BCUT2D eigenvalue weighted by Gasteiger charge is 2.07. The number of hydrogen-bond donors (Lipinski definition) is 2. The lowest BCUT2D eigenvalue weighted by molar-refractivity contribution is 0.0526. The van der Waals surface area contributed by atoms with Crippen LogP contribution < -0.4 is 10.6 Å². The lowest BCUT2D eigenvalue weighted by Gasteiger charge is -2.12. The van der Waals surface area contributed by atoms with Crippen LogP contribution >= 0.6 is 12.2 Å². The molecule has 0 atom stereocenters. The largest absolute Gasteiger partial charge is 0.462 e. The molecular formula is C17H17FN2O2S. The second-order valence-electron chi connectivity index (χ2n) is 4.86. The SMILES string of the molecule is CCOC(=O)c1ccc(NC(=S)Nc2ccc(C)cc2F)cc1. The number of rotatable bonds is 4. The highest BCUT2D eigenvalue weighted by Crippen LogP contribution is 2.16. The van der Waals surface area contributed by atoms with Gasteiger partial charge in [-0.1, -0.05) is 6.07 Å². The number of nitrogens with one attached hydrogen (secondary N) is 2. The maximum absolute atomic E-state index is 13.8. The molecule has 2 rings (SSSR count). The average molecular weight is 332 g/mol. The summed E-state index contributed by atoms with van der Waals surface area (Å²) in [6.45, 7) is 3.89. The molecule has 0 spiro atoms. The van der Waals surface area contributed by atoms with Gasteiger partial charge in [-0.25, -0.2) is 9.18 Å². The van der Waals surface area contributed by atoms with E-state index in [0.29, 0.717) is 23.5 Å². The molecular weight excluding hydrogens is 315 g/mol. The maximum Gasteiger partial charge on any atom is 0.338 e. The van der Waals surface area contributed by atoms with Gasteiger partial charge in [-0.05, 0) is 68.0 Å². The summed E-state index contributed by atoms with van der Waals surface area (Å²) >= 11 is 5.16. The van der Waals surface area contributed by atoms with E-state index in [-0.39, 0.29) is 16.9 Å². The van der Waals surface area contributed by atoms with Crippen molar-refractivity contribution in [3.63, 3.8) is 0 Å². The first-order valence-electron chi connectivity index (χ1n) is 7.11. The van der Waals surface area contributed by atoms with E-state index in [1.54, 1.807) is 43.3 Å². The maximum atomic E-state index is 13.8. The van der Waals surface area contributed by atoms with Crippen molar-refractivity contribution in [1.29, 1.82) is 0 Å². The molecule has 0 saturated heterocycles. The molecule has 0 saturated carbocycles. The molecule has 0 fully saturated rings. The zero-order valence-corrected chi connectivity index (χ0v) is 13.7. The van der Waals surface area contributed by atoms with E-state index in [1.807, 2.05) is 6.92 Å². The third kappa shape index (κ3) is 4.75. The quantitative estimate of drug-likeness (QED) is 0.651. The minimum absolute atomic E-state index is 0.261. The first kappa shape index (κ1) is 16.9. The number of carbonyl (C=O) groups excluding carboxylic acids is 1. The molecule has 2 N–H and O–H groups in total. The molecule has 0 aliphatic heterocycles. The molecule has 120 valence electrons. The Kier molecular flexibility index (Phi) is 5.65. The van der Waals surface area contributed by atoms with Crippen molar-refractivity contribution < 1.29 is 13.9 Å². The van der Waals surface area contributed by atoms with Crippen LogP contribution in [-0.4, -0.2) is 17.7 Å². The van der Waals surface area contributed by atoms with Crippen LogP contribution in [0.15, 0.2) is 42.5 Å². The van der Waals surface area contributed by atoms with Gasteiger partial charge < -0.3 is 15.4 Å².